The number of nitrogen functional groups attached to an aromatic ring is 1. The lowest BCUT2D eigenvalue weighted by molar-refractivity contribution is 1.09. The van der Waals surface area contributed by atoms with Gasteiger partial charge in [-0.1, -0.05) is 0 Å². The van der Waals surface area contributed by atoms with Gasteiger partial charge in [0.25, 0.3) is 0 Å². The average Bonchev–Trinajstić information content (AvgIpc) is 2.71. The molecule has 6 nitrogen and oxygen atoms in total. The van der Waals surface area contributed by atoms with E-state index in [4.69, 9.17) is 11.0 Å². The molecule has 0 radical (unpaired) electrons. The van der Waals surface area contributed by atoms with Crippen LogP contribution in [0.1, 0.15) is 16.8 Å². The van der Waals surface area contributed by atoms with Gasteiger partial charge < -0.3 is 11.1 Å². The van der Waals surface area contributed by atoms with E-state index in [1.807, 2.05) is 6.92 Å². The smallest absolute Gasteiger partial charge is 0.127 e. The zero-order valence-electron chi connectivity index (χ0n) is 9.36. The SMILES string of the molecule is Cc1cc(C#N)cc(NCc2cn[nH]c2N)n1. The number of aromatic amines is 1. The third-order valence-corrected chi connectivity index (χ3v) is 2.29. The molecule has 0 aliphatic carbocycles. The Morgan fingerprint density at radius 3 is 3.00 bits per heavy atom. The van der Waals surface area contributed by atoms with Crippen LogP contribution in [0.25, 0.3) is 0 Å². The largest absolute Gasteiger partial charge is 0.384 e. The highest BCUT2D eigenvalue weighted by atomic mass is 15.1. The second kappa shape index (κ2) is 4.53. The Morgan fingerprint density at radius 2 is 2.35 bits per heavy atom. The number of anilines is 2. The molecule has 0 fully saturated rings. The highest BCUT2D eigenvalue weighted by molar-refractivity contribution is 5.46. The quantitative estimate of drug-likeness (QED) is 0.731. The summed E-state index contributed by atoms with van der Waals surface area (Å²) >= 11 is 0. The van der Waals surface area contributed by atoms with Gasteiger partial charge in [0.1, 0.15) is 11.6 Å². The first-order chi connectivity index (χ1) is 8.19. The molecule has 0 aliphatic heterocycles. The van der Waals surface area contributed by atoms with E-state index in [2.05, 4.69) is 26.6 Å². The van der Waals surface area contributed by atoms with Crippen LogP contribution < -0.4 is 11.1 Å². The fraction of sp³-hybridized carbons (Fsp3) is 0.182. The van der Waals surface area contributed by atoms with Gasteiger partial charge in [0.15, 0.2) is 0 Å². The summed E-state index contributed by atoms with van der Waals surface area (Å²) in [4.78, 5) is 4.28. The summed E-state index contributed by atoms with van der Waals surface area (Å²) in [6.07, 6.45) is 1.66. The molecule has 0 spiro atoms. The lowest BCUT2D eigenvalue weighted by Gasteiger charge is -2.06. The van der Waals surface area contributed by atoms with Crippen molar-refractivity contribution in [1.82, 2.24) is 15.2 Å². The normalized spacial score (nSPS) is 9.88. The first kappa shape index (κ1) is 11.0. The average molecular weight is 228 g/mol. The maximum absolute atomic E-state index is 8.84. The molecule has 0 saturated carbocycles. The molecule has 4 N–H and O–H groups in total. The van der Waals surface area contributed by atoms with Crippen molar-refractivity contribution >= 4 is 11.6 Å². The zero-order chi connectivity index (χ0) is 12.3. The molecular formula is C11H12N6. The van der Waals surface area contributed by atoms with Crippen molar-refractivity contribution in [2.45, 2.75) is 13.5 Å². The second-order valence-electron chi connectivity index (χ2n) is 3.66. The zero-order valence-corrected chi connectivity index (χ0v) is 9.36. The Labute approximate surface area is 98.5 Å². The van der Waals surface area contributed by atoms with E-state index in [1.165, 1.54) is 0 Å². The molecule has 0 aromatic carbocycles. The van der Waals surface area contributed by atoms with Crippen LogP contribution in [0.4, 0.5) is 11.6 Å². The van der Waals surface area contributed by atoms with Crippen LogP contribution in [-0.2, 0) is 6.54 Å². The van der Waals surface area contributed by atoms with E-state index in [0.717, 1.165) is 11.3 Å². The molecule has 2 aromatic rings. The van der Waals surface area contributed by atoms with Crippen molar-refractivity contribution in [3.63, 3.8) is 0 Å². The summed E-state index contributed by atoms with van der Waals surface area (Å²) in [5.74, 6) is 1.19. The van der Waals surface area contributed by atoms with E-state index in [-0.39, 0.29) is 0 Å². The van der Waals surface area contributed by atoms with Crippen LogP contribution in [-0.4, -0.2) is 15.2 Å². The predicted molar refractivity (Wildman–Crippen MR) is 64.0 cm³/mol. The predicted octanol–water partition coefficient (Wildman–Crippen LogP) is 1.18. The standard InChI is InChI=1S/C11H12N6/c1-7-2-8(4-12)3-10(16-7)14-5-9-6-15-17-11(9)13/h2-3,6H,5H2,1H3,(H,14,16)(H3,13,15,17). The Bertz CT molecular complexity index is 566. The number of pyridine rings is 1. The molecule has 2 aromatic heterocycles. The number of rotatable bonds is 3. The number of nitrogens with one attached hydrogen (secondary N) is 2. The first-order valence-electron chi connectivity index (χ1n) is 5.09. The van der Waals surface area contributed by atoms with Crippen molar-refractivity contribution in [1.29, 1.82) is 5.26 Å². The van der Waals surface area contributed by atoms with E-state index < -0.39 is 0 Å². The van der Waals surface area contributed by atoms with E-state index in [0.29, 0.717) is 23.7 Å². The van der Waals surface area contributed by atoms with Crippen molar-refractivity contribution in [2.75, 3.05) is 11.1 Å². The minimum atomic E-state index is 0.518. The molecular weight excluding hydrogens is 216 g/mol. The van der Waals surface area contributed by atoms with Crippen LogP contribution in [0.5, 0.6) is 0 Å². The number of hydrogen-bond donors (Lipinski definition) is 3. The third kappa shape index (κ3) is 2.52. The Balaban J connectivity index is 2.12. The molecule has 0 amide bonds. The van der Waals surface area contributed by atoms with Crippen molar-refractivity contribution < 1.29 is 0 Å². The second-order valence-corrected chi connectivity index (χ2v) is 3.66. The van der Waals surface area contributed by atoms with E-state index in [1.54, 1.807) is 18.3 Å². The van der Waals surface area contributed by atoms with Crippen LogP contribution in [0.2, 0.25) is 0 Å². The van der Waals surface area contributed by atoms with Crippen LogP contribution in [0, 0.1) is 18.3 Å². The van der Waals surface area contributed by atoms with E-state index in [9.17, 15) is 0 Å². The van der Waals surface area contributed by atoms with Gasteiger partial charge in [-0.15, -0.1) is 0 Å². The van der Waals surface area contributed by atoms with Crippen molar-refractivity contribution in [3.8, 4) is 6.07 Å². The highest BCUT2D eigenvalue weighted by Crippen LogP contribution is 2.12. The van der Waals surface area contributed by atoms with Gasteiger partial charge >= 0.3 is 0 Å². The number of nitrogens with two attached hydrogens (primary N) is 1. The Hall–Kier alpha value is -2.55. The van der Waals surface area contributed by atoms with Crippen LogP contribution in [0.15, 0.2) is 18.3 Å². The Morgan fingerprint density at radius 1 is 1.53 bits per heavy atom. The molecule has 0 aliphatic rings. The molecule has 17 heavy (non-hydrogen) atoms. The summed E-state index contributed by atoms with van der Waals surface area (Å²) in [7, 11) is 0. The van der Waals surface area contributed by atoms with Gasteiger partial charge in [0.2, 0.25) is 0 Å². The number of hydrogen-bond acceptors (Lipinski definition) is 5. The highest BCUT2D eigenvalue weighted by Gasteiger charge is 2.03. The summed E-state index contributed by atoms with van der Waals surface area (Å²) in [5, 5.41) is 18.4. The molecule has 0 bridgehead atoms. The molecule has 0 saturated heterocycles. The molecule has 0 unspecified atom stereocenters. The maximum Gasteiger partial charge on any atom is 0.127 e. The Kier molecular flexibility index (Phi) is 2.92. The van der Waals surface area contributed by atoms with Gasteiger partial charge in [0, 0.05) is 17.8 Å². The topological polar surface area (TPSA) is 103 Å². The van der Waals surface area contributed by atoms with Crippen molar-refractivity contribution in [3.05, 3.63) is 35.2 Å². The van der Waals surface area contributed by atoms with Gasteiger partial charge in [-0.2, -0.15) is 10.4 Å². The number of aromatic nitrogens is 3. The summed E-state index contributed by atoms with van der Waals surface area (Å²) < 4.78 is 0. The number of aryl methyl sites for hydroxylation is 1. The van der Waals surface area contributed by atoms with Crippen LogP contribution >= 0.6 is 0 Å². The first-order valence-corrected chi connectivity index (χ1v) is 5.09. The lowest BCUT2D eigenvalue weighted by Crippen LogP contribution is -2.03. The summed E-state index contributed by atoms with van der Waals surface area (Å²) in [5.41, 5.74) is 7.91. The third-order valence-electron chi connectivity index (χ3n) is 2.29. The lowest BCUT2D eigenvalue weighted by atomic mass is 10.2. The van der Waals surface area contributed by atoms with Gasteiger partial charge in [-0.3, -0.25) is 5.10 Å². The summed E-state index contributed by atoms with van der Waals surface area (Å²) in [6, 6.07) is 5.52. The van der Waals surface area contributed by atoms with Gasteiger partial charge in [-0.05, 0) is 19.1 Å². The fourth-order valence-electron chi connectivity index (χ4n) is 1.47. The monoisotopic (exact) mass is 228 g/mol. The maximum atomic E-state index is 8.84. The van der Waals surface area contributed by atoms with Gasteiger partial charge in [-0.25, -0.2) is 4.98 Å². The minimum absolute atomic E-state index is 0.518. The molecule has 2 heterocycles. The van der Waals surface area contributed by atoms with E-state index >= 15 is 0 Å². The minimum Gasteiger partial charge on any atom is -0.384 e. The number of nitriles is 1. The number of H-pyrrole nitrogens is 1. The fourth-order valence-corrected chi connectivity index (χ4v) is 1.47. The molecule has 86 valence electrons. The van der Waals surface area contributed by atoms with Gasteiger partial charge in [0.05, 0.1) is 17.8 Å². The molecule has 6 heteroatoms. The molecule has 0 atom stereocenters. The van der Waals surface area contributed by atoms with Crippen LogP contribution in [0.3, 0.4) is 0 Å². The van der Waals surface area contributed by atoms with Crippen molar-refractivity contribution in [2.24, 2.45) is 0 Å². The summed E-state index contributed by atoms with van der Waals surface area (Å²) in [6.45, 7) is 2.36. The number of nitrogens with zero attached hydrogens (tertiary/aromatic N) is 3. The molecule has 2 rings (SSSR count).